The number of hydrogen-bond acceptors (Lipinski definition) is 2. The Hall–Kier alpha value is -0.930. The maximum atomic E-state index is 14.0. The van der Waals surface area contributed by atoms with Crippen molar-refractivity contribution < 1.29 is 4.39 Å². The summed E-state index contributed by atoms with van der Waals surface area (Å²) in [6.45, 7) is 14.4. The fourth-order valence-electron chi connectivity index (χ4n) is 2.52. The average Bonchev–Trinajstić information content (AvgIpc) is 2.30. The van der Waals surface area contributed by atoms with E-state index in [4.69, 9.17) is 0 Å². The molecule has 0 spiro atoms. The van der Waals surface area contributed by atoms with Crippen LogP contribution in [-0.2, 0) is 13.1 Å². The van der Waals surface area contributed by atoms with Gasteiger partial charge in [-0.1, -0.05) is 46.8 Å². The summed E-state index contributed by atoms with van der Waals surface area (Å²) in [4.78, 5) is 2.18. The second-order valence-electron chi connectivity index (χ2n) is 7.68. The first kappa shape index (κ1) is 18.1. The van der Waals surface area contributed by atoms with Gasteiger partial charge in [-0.25, -0.2) is 4.39 Å². The molecule has 1 N–H and O–H groups in total. The fourth-order valence-corrected chi connectivity index (χ4v) is 2.52. The number of hydrogen-bond donors (Lipinski definition) is 1. The highest BCUT2D eigenvalue weighted by Gasteiger charge is 2.15. The molecule has 0 saturated carbocycles. The maximum absolute atomic E-state index is 14.0. The van der Waals surface area contributed by atoms with E-state index in [1.807, 2.05) is 19.2 Å². The zero-order valence-corrected chi connectivity index (χ0v) is 14.5. The van der Waals surface area contributed by atoms with Crippen LogP contribution >= 0.6 is 0 Å². The van der Waals surface area contributed by atoms with Crippen LogP contribution in [0.1, 0.15) is 45.7 Å². The molecule has 0 atom stereocenters. The van der Waals surface area contributed by atoms with E-state index in [9.17, 15) is 4.39 Å². The van der Waals surface area contributed by atoms with Gasteiger partial charge in [0, 0.05) is 25.2 Å². The predicted octanol–water partition coefficient (Wildman–Crippen LogP) is 4.05. The first-order valence-electron chi connectivity index (χ1n) is 7.84. The summed E-state index contributed by atoms with van der Waals surface area (Å²) < 4.78 is 14.0. The lowest BCUT2D eigenvalue weighted by atomic mass is 9.96. The minimum Gasteiger partial charge on any atom is -0.312 e. The Labute approximate surface area is 129 Å². The van der Waals surface area contributed by atoms with Gasteiger partial charge in [-0.05, 0) is 36.6 Å². The first-order valence-corrected chi connectivity index (χ1v) is 7.84. The molecule has 0 aliphatic rings. The molecule has 0 aromatic heterocycles. The normalized spacial score (nSPS) is 12.4. The molecule has 0 saturated heterocycles. The van der Waals surface area contributed by atoms with Gasteiger partial charge in [-0.2, -0.15) is 0 Å². The third-order valence-electron chi connectivity index (χ3n) is 3.18. The van der Waals surface area contributed by atoms with Gasteiger partial charge in [-0.3, -0.25) is 0 Å². The van der Waals surface area contributed by atoms with E-state index in [0.29, 0.717) is 12.5 Å². The molecule has 0 unspecified atom stereocenters. The van der Waals surface area contributed by atoms with Crippen LogP contribution in [0.2, 0.25) is 0 Å². The van der Waals surface area contributed by atoms with Gasteiger partial charge >= 0.3 is 0 Å². The van der Waals surface area contributed by atoms with Crippen LogP contribution in [0.5, 0.6) is 0 Å². The predicted molar refractivity (Wildman–Crippen MR) is 88.7 cm³/mol. The lowest BCUT2D eigenvalue weighted by molar-refractivity contribution is 0.218. The van der Waals surface area contributed by atoms with Gasteiger partial charge in [0.05, 0.1) is 0 Å². The number of nitrogens with one attached hydrogen (secondary N) is 1. The van der Waals surface area contributed by atoms with Crippen LogP contribution in [0, 0.1) is 17.2 Å². The first-order chi connectivity index (χ1) is 9.67. The van der Waals surface area contributed by atoms with Gasteiger partial charge in [-0.15, -0.1) is 0 Å². The molecule has 120 valence electrons. The summed E-state index contributed by atoms with van der Waals surface area (Å²) in [6, 6.07) is 5.45. The van der Waals surface area contributed by atoms with Crippen LogP contribution in [0.4, 0.5) is 4.39 Å². The Morgan fingerprint density at radius 1 is 1.24 bits per heavy atom. The molecular weight excluding hydrogens is 263 g/mol. The third kappa shape index (κ3) is 7.58. The standard InChI is InChI=1S/C18H31FN2/c1-14(2)10-20-11-15-7-8-17(19)16(9-15)12-21(6)13-18(3,4)5/h7-9,14,20H,10-13H2,1-6H3. The van der Waals surface area contributed by atoms with Crippen molar-refractivity contribution >= 4 is 0 Å². The molecule has 0 aliphatic heterocycles. The minimum atomic E-state index is -0.108. The smallest absolute Gasteiger partial charge is 0.127 e. The van der Waals surface area contributed by atoms with Crippen LogP contribution < -0.4 is 5.32 Å². The quantitative estimate of drug-likeness (QED) is 0.816. The maximum Gasteiger partial charge on any atom is 0.127 e. The van der Waals surface area contributed by atoms with Crippen molar-refractivity contribution in [3.63, 3.8) is 0 Å². The molecule has 1 rings (SSSR count). The summed E-state index contributed by atoms with van der Waals surface area (Å²) in [5.74, 6) is 0.520. The van der Waals surface area contributed by atoms with Crippen LogP contribution in [0.15, 0.2) is 18.2 Å². The Morgan fingerprint density at radius 2 is 1.90 bits per heavy atom. The van der Waals surface area contributed by atoms with E-state index in [1.54, 1.807) is 6.07 Å². The molecule has 0 fully saturated rings. The van der Waals surface area contributed by atoms with Gasteiger partial charge in [0.1, 0.15) is 5.82 Å². The zero-order chi connectivity index (χ0) is 16.0. The lowest BCUT2D eigenvalue weighted by Crippen LogP contribution is -2.29. The van der Waals surface area contributed by atoms with Gasteiger partial charge in [0.15, 0.2) is 0 Å². The van der Waals surface area contributed by atoms with Crippen molar-refractivity contribution in [1.82, 2.24) is 10.2 Å². The van der Waals surface area contributed by atoms with Crippen molar-refractivity contribution in [2.75, 3.05) is 20.1 Å². The van der Waals surface area contributed by atoms with Crippen molar-refractivity contribution in [2.24, 2.45) is 11.3 Å². The number of halogens is 1. The average molecular weight is 294 g/mol. The molecule has 1 aromatic rings. The summed E-state index contributed by atoms with van der Waals surface area (Å²) in [5, 5.41) is 3.40. The van der Waals surface area contributed by atoms with E-state index < -0.39 is 0 Å². The molecule has 1 aromatic carbocycles. The summed E-state index contributed by atoms with van der Waals surface area (Å²) in [5.41, 5.74) is 2.16. The summed E-state index contributed by atoms with van der Waals surface area (Å²) >= 11 is 0. The number of benzene rings is 1. The Balaban J connectivity index is 2.64. The summed E-state index contributed by atoms with van der Waals surface area (Å²) in [6.07, 6.45) is 0. The van der Waals surface area contributed by atoms with Crippen molar-refractivity contribution in [1.29, 1.82) is 0 Å². The lowest BCUT2D eigenvalue weighted by Gasteiger charge is -2.26. The van der Waals surface area contributed by atoms with E-state index in [2.05, 4.69) is 44.8 Å². The molecule has 0 radical (unpaired) electrons. The highest BCUT2D eigenvalue weighted by molar-refractivity contribution is 5.25. The van der Waals surface area contributed by atoms with Gasteiger partial charge in [0.2, 0.25) is 0 Å². The monoisotopic (exact) mass is 294 g/mol. The van der Waals surface area contributed by atoms with E-state index >= 15 is 0 Å². The van der Waals surface area contributed by atoms with Gasteiger partial charge in [0.25, 0.3) is 0 Å². The fraction of sp³-hybridized carbons (Fsp3) is 0.667. The highest BCUT2D eigenvalue weighted by atomic mass is 19.1. The Bertz CT molecular complexity index is 435. The van der Waals surface area contributed by atoms with Crippen LogP contribution in [0.3, 0.4) is 0 Å². The number of rotatable bonds is 7. The van der Waals surface area contributed by atoms with Crippen molar-refractivity contribution in [3.05, 3.63) is 35.1 Å². The van der Waals surface area contributed by atoms with Gasteiger partial charge < -0.3 is 10.2 Å². The molecule has 0 amide bonds. The molecule has 0 aliphatic carbocycles. The molecule has 21 heavy (non-hydrogen) atoms. The van der Waals surface area contributed by atoms with Crippen molar-refractivity contribution in [2.45, 2.75) is 47.7 Å². The van der Waals surface area contributed by atoms with E-state index in [0.717, 1.165) is 30.8 Å². The van der Waals surface area contributed by atoms with Crippen LogP contribution in [0.25, 0.3) is 0 Å². The Morgan fingerprint density at radius 3 is 2.48 bits per heavy atom. The minimum absolute atomic E-state index is 0.108. The molecule has 2 nitrogen and oxygen atoms in total. The topological polar surface area (TPSA) is 15.3 Å². The molecule has 3 heteroatoms. The third-order valence-corrected chi connectivity index (χ3v) is 3.18. The van der Waals surface area contributed by atoms with E-state index in [-0.39, 0.29) is 11.2 Å². The summed E-state index contributed by atoms with van der Waals surface area (Å²) in [7, 11) is 2.05. The largest absolute Gasteiger partial charge is 0.312 e. The van der Waals surface area contributed by atoms with Crippen molar-refractivity contribution in [3.8, 4) is 0 Å². The van der Waals surface area contributed by atoms with E-state index in [1.165, 1.54) is 0 Å². The zero-order valence-electron chi connectivity index (χ0n) is 14.5. The molecule has 0 heterocycles. The Kier molecular flexibility index (Phi) is 6.82. The molecular formula is C18H31FN2. The second kappa shape index (κ2) is 7.90. The highest BCUT2D eigenvalue weighted by Crippen LogP contribution is 2.18. The number of nitrogens with zero attached hydrogens (tertiary/aromatic N) is 1. The van der Waals surface area contributed by atoms with Crippen LogP contribution in [-0.4, -0.2) is 25.0 Å². The second-order valence-corrected chi connectivity index (χ2v) is 7.68. The molecule has 0 bridgehead atoms. The SMILES string of the molecule is CC(C)CNCc1ccc(F)c(CN(C)CC(C)(C)C)c1.